The molecule has 1 aliphatic rings. The van der Waals surface area contributed by atoms with Crippen molar-refractivity contribution in [3.05, 3.63) is 0 Å². The van der Waals surface area contributed by atoms with Crippen LogP contribution in [0.5, 0.6) is 0 Å². The summed E-state index contributed by atoms with van der Waals surface area (Å²) in [7, 11) is 0. The molecule has 0 aromatic carbocycles. The van der Waals surface area contributed by atoms with Crippen LogP contribution in [0.2, 0.25) is 0 Å². The lowest BCUT2D eigenvalue weighted by atomic mass is 10.4. The number of nitrogens with two attached hydrogens (primary N) is 1. The third-order valence-electron chi connectivity index (χ3n) is 2.09. The molecule has 8 heteroatoms. The van der Waals surface area contributed by atoms with Gasteiger partial charge in [0.15, 0.2) is 0 Å². The van der Waals surface area contributed by atoms with Crippen molar-refractivity contribution in [1.29, 1.82) is 0 Å². The van der Waals surface area contributed by atoms with Crippen LogP contribution in [0, 0.1) is 0 Å². The number of nitrogens with zero attached hydrogens (tertiary/aromatic N) is 4. The van der Waals surface area contributed by atoms with Gasteiger partial charge in [-0.05, 0) is 23.3 Å². The molecule has 0 aliphatic heterocycles. The van der Waals surface area contributed by atoms with Crippen molar-refractivity contribution in [1.82, 2.24) is 20.2 Å². The molecule has 0 saturated heterocycles. The number of hydrogen-bond acceptors (Lipinski definition) is 6. The van der Waals surface area contributed by atoms with Crippen molar-refractivity contribution in [3.63, 3.8) is 0 Å². The van der Waals surface area contributed by atoms with Crippen LogP contribution in [0.25, 0.3) is 0 Å². The SMILES string of the molecule is NCC(Sc1nnnn1C1CC1)C(=O)O. The quantitative estimate of drug-likeness (QED) is 0.656. The van der Waals surface area contributed by atoms with E-state index in [9.17, 15) is 4.79 Å². The Hall–Kier alpha value is -1.15. The summed E-state index contributed by atoms with van der Waals surface area (Å²) in [5, 5.41) is 19.8. The minimum Gasteiger partial charge on any atom is -0.480 e. The fourth-order valence-electron chi connectivity index (χ4n) is 1.14. The summed E-state index contributed by atoms with van der Waals surface area (Å²) in [5.74, 6) is -0.937. The molecule has 0 radical (unpaired) electrons. The molecule has 0 spiro atoms. The molecule has 7 nitrogen and oxygen atoms in total. The molecule has 3 N–H and O–H groups in total. The van der Waals surface area contributed by atoms with Crippen LogP contribution in [-0.2, 0) is 4.79 Å². The maximum atomic E-state index is 10.8. The van der Waals surface area contributed by atoms with Gasteiger partial charge in [0.2, 0.25) is 5.16 Å². The Balaban J connectivity index is 2.08. The summed E-state index contributed by atoms with van der Waals surface area (Å²) in [5.41, 5.74) is 5.35. The zero-order chi connectivity index (χ0) is 10.8. The highest BCUT2D eigenvalue weighted by atomic mass is 32.2. The second kappa shape index (κ2) is 4.15. The average molecular weight is 229 g/mol. The molecule has 1 aromatic heterocycles. The first-order valence-corrected chi connectivity index (χ1v) is 5.47. The number of rotatable bonds is 5. The highest BCUT2D eigenvalue weighted by Gasteiger charge is 2.30. The van der Waals surface area contributed by atoms with E-state index in [0.29, 0.717) is 11.2 Å². The normalized spacial score (nSPS) is 17.7. The molecule has 2 rings (SSSR count). The Morgan fingerprint density at radius 1 is 1.73 bits per heavy atom. The minimum atomic E-state index is -0.937. The van der Waals surface area contributed by atoms with Crippen LogP contribution in [0.1, 0.15) is 18.9 Å². The average Bonchev–Trinajstić information content (AvgIpc) is 2.95. The molecule has 1 fully saturated rings. The van der Waals surface area contributed by atoms with Gasteiger partial charge in [0, 0.05) is 6.54 Å². The highest BCUT2D eigenvalue weighted by molar-refractivity contribution is 8.00. The largest absolute Gasteiger partial charge is 0.480 e. The molecule has 0 amide bonds. The predicted octanol–water partition coefficient (Wildman–Crippen LogP) is -0.488. The third-order valence-corrected chi connectivity index (χ3v) is 3.25. The lowest BCUT2D eigenvalue weighted by Crippen LogP contribution is -2.26. The molecule has 15 heavy (non-hydrogen) atoms. The zero-order valence-electron chi connectivity index (χ0n) is 7.91. The Morgan fingerprint density at radius 2 is 2.47 bits per heavy atom. The van der Waals surface area contributed by atoms with Crippen molar-refractivity contribution in [2.75, 3.05) is 6.54 Å². The lowest BCUT2D eigenvalue weighted by molar-refractivity contribution is -0.136. The van der Waals surface area contributed by atoms with Crippen LogP contribution in [0.4, 0.5) is 0 Å². The molecule has 82 valence electrons. The number of aromatic nitrogens is 4. The summed E-state index contributed by atoms with van der Waals surface area (Å²) >= 11 is 1.10. The first kappa shape index (κ1) is 10.4. The Morgan fingerprint density at radius 3 is 3.00 bits per heavy atom. The summed E-state index contributed by atoms with van der Waals surface area (Å²) in [6, 6.07) is 0.342. The van der Waals surface area contributed by atoms with Gasteiger partial charge in [-0.1, -0.05) is 11.8 Å². The van der Waals surface area contributed by atoms with Gasteiger partial charge in [-0.15, -0.1) is 5.10 Å². The van der Waals surface area contributed by atoms with Crippen LogP contribution in [0.15, 0.2) is 5.16 Å². The molecule has 1 aromatic rings. The lowest BCUT2D eigenvalue weighted by Gasteiger charge is -2.07. The molecule has 1 aliphatic carbocycles. The van der Waals surface area contributed by atoms with Gasteiger partial charge in [-0.3, -0.25) is 4.79 Å². The van der Waals surface area contributed by atoms with E-state index in [2.05, 4.69) is 15.5 Å². The van der Waals surface area contributed by atoms with Gasteiger partial charge in [0.05, 0.1) is 6.04 Å². The Kier molecular flexibility index (Phi) is 2.87. The maximum Gasteiger partial charge on any atom is 0.318 e. The molecule has 1 heterocycles. The first-order chi connectivity index (χ1) is 7.22. The van der Waals surface area contributed by atoms with E-state index in [-0.39, 0.29) is 6.54 Å². The molecule has 1 atom stereocenters. The van der Waals surface area contributed by atoms with Crippen molar-refractivity contribution < 1.29 is 9.90 Å². The molecular weight excluding hydrogens is 218 g/mol. The van der Waals surface area contributed by atoms with Gasteiger partial charge in [-0.25, -0.2) is 4.68 Å². The van der Waals surface area contributed by atoms with E-state index in [1.165, 1.54) is 0 Å². The highest BCUT2D eigenvalue weighted by Crippen LogP contribution is 2.36. The van der Waals surface area contributed by atoms with Gasteiger partial charge < -0.3 is 10.8 Å². The monoisotopic (exact) mass is 229 g/mol. The number of carbonyl (C=O) groups is 1. The zero-order valence-corrected chi connectivity index (χ0v) is 8.72. The van der Waals surface area contributed by atoms with Gasteiger partial charge >= 0.3 is 5.97 Å². The number of tetrazole rings is 1. The fraction of sp³-hybridized carbons (Fsp3) is 0.714. The molecule has 0 bridgehead atoms. The van der Waals surface area contributed by atoms with Crippen LogP contribution in [-0.4, -0.2) is 43.1 Å². The van der Waals surface area contributed by atoms with Crippen LogP contribution in [0.3, 0.4) is 0 Å². The van der Waals surface area contributed by atoms with Gasteiger partial charge in [-0.2, -0.15) is 0 Å². The number of thioether (sulfide) groups is 1. The van der Waals surface area contributed by atoms with E-state index >= 15 is 0 Å². The third kappa shape index (κ3) is 2.26. The topological polar surface area (TPSA) is 107 Å². The van der Waals surface area contributed by atoms with E-state index in [1.54, 1.807) is 4.68 Å². The maximum absolute atomic E-state index is 10.8. The van der Waals surface area contributed by atoms with E-state index < -0.39 is 11.2 Å². The first-order valence-electron chi connectivity index (χ1n) is 4.59. The summed E-state index contributed by atoms with van der Waals surface area (Å²) in [4.78, 5) is 10.8. The summed E-state index contributed by atoms with van der Waals surface area (Å²) in [6.07, 6.45) is 2.11. The second-order valence-electron chi connectivity index (χ2n) is 3.32. The van der Waals surface area contributed by atoms with Crippen molar-refractivity contribution in [3.8, 4) is 0 Å². The van der Waals surface area contributed by atoms with E-state index in [0.717, 1.165) is 24.6 Å². The van der Waals surface area contributed by atoms with E-state index in [4.69, 9.17) is 10.8 Å². The van der Waals surface area contributed by atoms with Crippen molar-refractivity contribution in [2.45, 2.75) is 29.3 Å². The fourth-order valence-corrected chi connectivity index (χ4v) is 1.97. The van der Waals surface area contributed by atoms with Crippen molar-refractivity contribution >= 4 is 17.7 Å². The number of carboxylic acid groups (broad SMARTS) is 1. The number of carboxylic acids is 1. The summed E-state index contributed by atoms with van der Waals surface area (Å²) in [6.45, 7) is 0.0670. The number of aliphatic carboxylic acids is 1. The Labute approximate surface area is 90.0 Å². The van der Waals surface area contributed by atoms with E-state index in [1.807, 2.05) is 0 Å². The summed E-state index contributed by atoms with van der Waals surface area (Å²) < 4.78 is 1.68. The second-order valence-corrected chi connectivity index (χ2v) is 4.49. The molecular formula is C7H11N5O2S. The standard InChI is InChI=1S/C7H11N5O2S/c8-3-5(6(13)14)15-7-9-10-11-12(7)4-1-2-4/h4-5H,1-3,8H2,(H,13,14). The smallest absolute Gasteiger partial charge is 0.318 e. The van der Waals surface area contributed by atoms with Crippen LogP contribution >= 0.6 is 11.8 Å². The molecule has 1 unspecified atom stereocenters. The minimum absolute atomic E-state index is 0.0670. The van der Waals surface area contributed by atoms with Crippen LogP contribution < -0.4 is 5.73 Å². The van der Waals surface area contributed by atoms with Gasteiger partial charge in [0.1, 0.15) is 5.25 Å². The van der Waals surface area contributed by atoms with Crippen molar-refractivity contribution in [2.24, 2.45) is 5.73 Å². The Bertz CT molecular complexity index is 364. The predicted molar refractivity (Wildman–Crippen MR) is 52.4 cm³/mol. The number of hydrogen-bond donors (Lipinski definition) is 2. The molecule has 1 saturated carbocycles. The van der Waals surface area contributed by atoms with Gasteiger partial charge in [0.25, 0.3) is 0 Å².